The predicted octanol–water partition coefficient (Wildman–Crippen LogP) is 1.34. The van der Waals surface area contributed by atoms with Crippen molar-refractivity contribution in [1.29, 1.82) is 0 Å². The van der Waals surface area contributed by atoms with Gasteiger partial charge in [-0.1, -0.05) is 0 Å². The van der Waals surface area contributed by atoms with Gasteiger partial charge in [0.15, 0.2) is 9.84 Å². The molecule has 2 heterocycles. The number of aryl methyl sites for hydroxylation is 1. The standard InChI is InChI=1S/C12H22N4O2S/c1-8(2)16-11(10(13)9(3)15-16)14-12(4)5-6-19(17,18)7-12/h8,14H,5-7,13H2,1-4H3. The molecule has 0 spiro atoms. The van der Waals surface area contributed by atoms with E-state index in [9.17, 15) is 8.42 Å². The second-order valence-electron chi connectivity index (χ2n) is 5.91. The van der Waals surface area contributed by atoms with Crippen LogP contribution in [0.2, 0.25) is 0 Å². The van der Waals surface area contributed by atoms with Gasteiger partial charge in [-0.25, -0.2) is 13.1 Å². The van der Waals surface area contributed by atoms with Gasteiger partial charge in [-0.3, -0.25) is 0 Å². The second-order valence-corrected chi connectivity index (χ2v) is 8.10. The molecule has 1 aromatic heterocycles. The van der Waals surface area contributed by atoms with Gasteiger partial charge in [-0.05, 0) is 34.1 Å². The number of nitrogens with two attached hydrogens (primary N) is 1. The van der Waals surface area contributed by atoms with Gasteiger partial charge in [-0.15, -0.1) is 0 Å². The smallest absolute Gasteiger partial charge is 0.152 e. The largest absolute Gasteiger partial charge is 0.394 e. The Hall–Kier alpha value is -1.24. The normalized spacial score (nSPS) is 25.9. The van der Waals surface area contributed by atoms with Crippen molar-refractivity contribution in [2.24, 2.45) is 0 Å². The number of hydrogen-bond acceptors (Lipinski definition) is 5. The van der Waals surface area contributed by atoms with Crippen LogP contribution >= 0.6 is 0 Å². The fourth-order valence-corrected chi connectivity index (χ4v) is 4.55. The van der Waals surface area contributed by atoms with E-state index in [0.29, 0.717) is 12.1 Å². The molecular weight excluding hydrogens is 264 g/mol. The lowest BCUT2D eigenvalue weighted by atomic mass is 10.0. The van der Waals surface area contributed by atoms with Gasteiger partial charge in [0, 0.05) is 6.04 Å². The maximum Gasteiger partial charge on any atom is 0.152 e. The summed E-state index contributed by atoms with van der Waals surface area (Å²) < 4.78 is 25.1. The number of rotatable bonds is 3. The zero-order valence-corrected chi connectivity index (χ0v) is 12.7. The highest BCUT2D eigenvalue weighted by atomic mass is 32.2. The summed E-state index contributed by atoms with van der Waals surface area (Å²) in [5, 5.41) is 7.71. The highest BCUT2D eigenvalue weighted by molar-refractivity contribution is 7.91. The Morgan fingerprint density at radius 3 is 2.58 bits per heavy atom. The van der Waals surface area contributed by atoms with E-state index in [0.717, 1.165) is 11.5 Å². The van der Waals surface area contributed by atoms with Crippen molar-refractivity contribution in [2.75, 3.05) is 22.6 Å². The van der Waals surface area contributed by atoms with E-state index in [1.165, 1.54) is 0 Å². The van der Waals surface area contributed by atoms with Crippen molar-refractivity contribution < 1.29 is 8.42 Å². The summed E-state index contributed by atoms with van der Waals surface area (Å²) in [6.45, 7) is 7.81. The highest BCUT2D eigenvalue weighted by Crippen LogP contribution is 2.32. The fraction of sp³-hybridized carbons (Fsp3) is 0.750. The molecule has 0 aliphatic carbocycles. The van der Waals surface area contributed by atoms with Crippen LogP contribution in [-0.2, 0) is 9.84 Å². The predicted molar refractivity (Wildman–Crippen MR) is 77.1 cm³/mol. The molecule has 1 saturated heterocycles. The maximum absolute atomic E-state index is 11.7. The average Bonchev–Trinajstić information content (AvgIpc) is 2.70. The first kappa shape index (κ1) is 14.2. The quantitative estimate of drug-likeness (QED) is 0.875. The van der Waals surface area contributed by atoms with Crippen LogP contribution in [-0.4, -0.2) is 35.2 Å². The monoisotopic (exact) mass is 286 g/mol. The van der Waals surface area contributed by atoms with Crippen molar-refractivity contribution >= 4 is 21.3 Å². The van der Waals surface area contributed by atoms with Gasteiger partial charge in [-0.2, -0.15) is 5.10 Å². The molecule has 0 saturated carbocycles. The number of anilines is 2. The van der Waals surface area contributed by atoms with E-state index in [4.69, 9.17) is 5.73 Å². The summed E-state index contributed by atoms with van der Waals surface area (Å²) in [5.74, 6) is 1.10. The molecule has 0 aromatic carbocycles. The first-order valence-corrected chi connectivity index (χ1v) is 8.29. The topological polar surface area (TPSA) is 90.0 Å². The number of nitrogens with zero attached hydrogens (tertiary/aromatic N) is 2. The maximum atomic E-state index is 11.7. The summed E-state index contributed by atoms with van der Waals surface area (Å²) in [4.78, 5) is 0. The van der Waals surface area contributed by atoms with Crippen molar-refractivity contribution in [2.45, 2.75) is 45.7 Å². The van der Waals surface area contributed by atoms with E-state index in [-0.39, 0.29) is 17.5 Å². The molecule has 1 aliphatic rings. The number of sulfone groups is 1. The molecular formula is C12H22N4O2S. The zero-order chi connectivity index (χ0) is 14.4. The van der Waals surface area contributed by atoms with E-state index < -0.39 is 15.4 Å². The number of hydrogen-bond donors (Lipinski definition) is 2. The van der Waals surface area contributed by atoms with E-state index in [2.05, 4.69) is 10.4 Å². The minimum Gasteiger partial charge on any atom is -0.394 e. The Balaban J connectivity index is 2.34. The van der Waals surface area contributed by atoms with Gasteiger partial charge < -0.3 is 11.1 Å². The molecule has 1 fully saturated rings. The molecule has 1 aliphatic heterocycles. The fourth-order valence-electron chi connectivity index (χ4n) is 2.45. The molecule has 0 bridgehead atoms. The lowest BCUT2D eigenvalue weighted by Gasteiger charge is -2.26. The highest BCUT2D eigenvalue weighted by Gasteiger charge is 2.39. The second kappa shape index (κ2) is 4.40. The van der Waals surface area contributed by atoms with E-state index in [1.54, 1.807) is 0 Å². The van der Waals surface area contributed by atoms with Gasteiger partial charge in [0.1, 0.15) is 5.82 Å². The van der Waals surface area contributed by atoms with Gasteiger partial charge in [0.25, 0.3) is 0 Å². The summed E-state index contributed by atoms with van der Waals surface area (Å²) in [5.41, 5.74) is 6.95. The molecule has 6 nitrogen and oxygen atoms in total. The molecule has 2 rings (SSSR count). The van der Waals surface area contributed by atoms with Crippen LogP contribution in [0.5, 0.6) is 0 Å². The average molecular weight is 286 g/mol. The minimum atomic E-state index is -2.95. The van der Waals surface area contributed by atoms with Crippen LogP contribution in [0.3, 0.4) is 0 Å². The molecule has 0 amide bonds. The van der Waals surface area contributed by atoms with E-state index >= 15 is 0 Å². The van der Waals surface area contributed by atoms with Crippen LogP contribution in [0.15, 0.2) is 0 Å². The third-order valence-electron chi connectivity index (χ3n) is 3.54. The first-order valence-electron chi connectivity index (χ1n) is 6.47. The minimum absolute atomic E-state index is 0.141. The molecule has 3 N–H and O–H groups in total. The summed E-state index contributed by atoms with van der Waals surface area (Å²) in [7, 11) is -2.95. The Labute approximate surface area is 114 Å². The Morgan fingerprint density at radius 2 is 2.11 bits per heavy atom. The van der Waals surface area contributed by atoms with Gasteiger partial charge in [0.2, 0.25) is 0 Å². The number of nitrogen functional groups attached to an aromatic ring is 1. The van der Waals surface area contributed by atoms with E-state index in [1.807, 2.05) is 32.4 Å². The molecule has 1 atom stereocenters. The van der Waals surface area contributed by atoms with Crippen LogP contribution in [0.25, 0.3) is 0 Å². The Morgan fingerprint density at radius 1 is 1.47 bits per heavy atom. The Kier molecular flexibility index (Phi) is 3.28. The van der Waals surface area contributed by atoms with Crippen molar-refractivity contribution in [1.82, 2.24) is 9.78 Å². The summed E-state index contributed by atoms with van der Waals surface area (Å²) in [6.07, 6.45) is 0.594. The van der Waals surface area contributed by atoms with Gasteiger partial charge >= 0.3 is 0 Å². The third kappa shape index (κ3) is 2.70. The third-order valence-corrected chi connectivity index (χ3v) is 5.45. The van der Waals surface area contributed by atoms with Gasteiger partial charge in [0.05, 0.1) is 28.4 Å². The molecule has 1 aromatic rings. The Bertz CT molecular complexity index is 591. The molecule has 0 radical (unpaired) electrons. The molecule has 19 heavy (non-hydrogen) atoms. The van der Waals surface area contributed by atoms with Crippen molar-refractivity contribution in [3.63, 3.8) is 0 Å². The zero-order valence-electron chi connectivity index (χ0n) is 11.9. The van der Waals surface area contributed by atoms with Crippen molar-refractivity contribution in [3.8, 4) is 0 Å². The molecule has 108 valence electrons. The van der Waals surface area contributed by atoms with Crippen LogP contribution in [0.4, 0.5) is 11.5 Å². The summed E-state index contributed by atoms with van der Waals surface area (Å²) in [6, 6.07) is 0.167. The lowest BCUT2D eigenvalue weighted by molar-refractivity contribution is 0.512. The summed E-state index contributed by atoms with van der Waals surface area (Å²) >= 11 is 0. The lowest BCUT2D eigenvalue weighted by Crippen LogP contribution is -2.37. The molecule has 7 heteroatoms. The number of nitrogens with one attached hydrogen (secondary N) is 1. The SMILES string of the molecule is Cc1nn(C(C)C)c(NC2(C)CCS(=O)(=O)C2)c1N. The number of aromatic nitrogens is 2. The van der Waals surface area contributed by atoms with Crippen LogP contribution in [0.1, 0.15) is 38.9 Å². The van der Waals surface area contributed by atoms with Crippen LogP contribution in [0, 0.1) is 6.92 Å². The van der Waals surface area contributed by atoms with Crippen molar-refractivity contribution in [3.05, 3.63) is 5.69 Å². The molecule has 1 unspecified atom stereocenters. The first-order chi connectivity index (χ1) is 8.64. The van der Waals surface area contributed by atoms with Crippen LogP contribution < -0.4 is 11.1 Å².